The van der Waals surface area contributed by atoms with E-state index in [1.807, 2.05) is 35.0 Å². The number of fused-ring (bicyclic) bond motifs is 1. The molecule has 0 radical (unpaired) electrons. The number of benzene rings is 2. The van der Waals surface area contributed by atoms with Gasteiger partial charge in [0.1, 0.15) is 26.4 Å². The number of hydrogen-bond acceptors (Lipinski definition) is 4. The maximum Gasteiger partial charge on any atom is 0.149 e. The SMILES string of the molecule is COc1ccc(Cn2nc(I)c3nc(-c4cccc(C)c4C)c(OC)cc32)cc1. The smallest absolute Gasteiger partial charge is 0.149 e. The number of aryl methyl sites for hydroxylation is 1. The van der Waals surface area contributed by atoms with Gasteiger partial charge in [0.25, 0.3) is 0 Å². The minimum Gasteiger partial charge on any atom is -0.497 e. The molecular formula is C23H22IN3O2. The predicted octanol–water partition coefficient (Wildman–Crippen LogP) is 5.39. The first-order valence-corrected chi connectivity index (χ1v) is 10.4. The molecule has 0 bridgehead atoms. The summed E-state index contributed by atoms with van der Waals surface area (Å²) in [6.07, 6.45) is 0. The number of nitrogens with zero attached hydrogens (tertiary/aromatic N) is 3. The molecule has 29 heavy (non-hydrogen) atoms. The van der Waals surface area contributed by atoms with E-state index in [0.717, 1.165) is 43.1 Å². The number of halogens is 1. The molecule has 4 aromatic rings. The number of methoxy groups -OCH3 is 2. The highest BCUT2D eigenvalue weighted by atomic mass is 127. The highest BCUT2D eigenvalue weighted by molar-refractivity contribution is 14.1. The van der Waals surface area contributed by atoms with Gasteiger partial charge in [-0.1, -0.05) is 30.3 Å². The molecule has 0 aliphatic rings. The third-order valence-electron chi connectivity index (χ3n) is 5.22. The monoisotopic (exact) mass is 499 g/mol. The first kappa shape index (κ1) is 19.7. The zero-order valence-electron chi connectivity index (χ0n) is 16.9. The molecule has 0 spiro atoms. The van der Waals surface area contributed by atoms with Crippen LogP contribution in [0.25, 0.3) is 22.3 Å². The second-order valence-corrected chi connectivity index (χ2v) is 7.97. The number of pyridine rings is 1. The van der Waals surface area contributed by atoms with Crippen molar-refractivity contribution in [2.75, 3.05) is 14.2 Å². The van der Waals surface area contributed by atoms with Gasteiger partial charge in [0.15, 0.2) is 0 Å². The lowest BCUT2D eigenvalue weighted by Gasteiger charge is -2.13. The lowest BCUT2D eigenvalue weighted by molar-refractivity contribution is 0.414. The fourth-order valence-corrected chi connectivity index (χ4v) is 4.08. The number of aromatic nitrogens is 3. The molecule has 0 saturated carbocycles. The summed E-state index contributed by atoms with van der Waals surface area (Å²) in [5.74, 6) is 1.59. The van der Waals surface area contributed by atoms with E-state index >= 15 is 0 Å². The first-order chi connectivity index (χ1) is 14.0. The normalized spacial score (nSPS) is 11.1. The van der Waals surface area contributed by atoms with Gasteiger partial charge in [-0.25, -0.2) is 4.98 Å². The number of hydrogen-bond donors (Lipinski definition) is 0. The Balaban J connectivity index is 1.82. The van der Waals surface area contributed by atoms with Gasteiger partial charge < -0.3 is 9.47 Å². The van der Waals surface area contributed by atoms with Crippen LogP contribution in [0.5, 0.6) is 11.5 Å². The maximum absolute atomic E-state index is 5.72. The molecule has 0 unspecified atom stereocenters. The fourth-order valence-electron chi connectivity index (χ4n) is 3.42. The summed E-state index contributed by atoms with van der Waals surface area (Å²) >= 11 is 2.25. The van der Waals surface area contributed by atoms with Crippen LogP contribution in [0.3, 0.4) is 0 Å². The average Bonchev–Trinajstić information content (AvgIpc) is 3.04. The molecule has 0 saturated heterocycles. The molecule has 148 valence electrons. The third kappa shape index (κ3) is 3.69. The van der Waals surface area contributed by atoms with Gasteiger partial charge in [0.05, 0.1) is 26.3 Å². The molecular weight excluding hydrogens is 477 g/mol. The summed E-state index contributed by atoms with van der Waals surface area (Å²) in [5, 5.41) is 4.73. The average molecular weight is 499 g/mol. The van der Waals surface area contributed by atoms with Crippen LogP contribution in [0, 0.1) is 17.5 Å². The Labute approximate surface area is 183 Å². The van der Waals surface area contributed by atoms with E-state index in [9.17, 15) is 0 Å². The Bertz CT molecular complexity index is 1180. The first-order valence-electron chi connectivity index (χ1n) is 9.32. The quantitative estimate of drug-likeness (QED) is 0.346. The largest absolute Gasteiger partial charge is 0.497 e. The molecule has 2 heterocycles. The molecule has 0 aliphatic carbocycles. The molecule has 0 fully saturated rings. The molecule has 5 nitrogen and oxygen atoms in total. The van der Waals surface area contributed by atoms with Gasteiger partial charge >= 0.3 is 0 Å². The Hall–Kier alpha value is -2.61. The summed E-state index contributed by atoms with van der Waals surface area (Å²) < 4.78 is 13.8. The summed E-state index contributed by atoms with van der Waals surface area (Å²) in [4.78, 5) is 4.97. The number of rotatable bonds is 5. The zero-order valence-corrected chi connectivity index (χ0v) is 19.0. The van der Waals surface area contributed by atoms with E-state index < -0.39 is 0 Å². The van der Waals surface area contributed by atoms with Crippen LogP contribution < -0.4 is 9.47 Å². The van der Waals surface area contributed by atoms with Crippen LogP contribution in [-0.4, -0.2) is 29.0 Å². The maximum atomic E-state index is 5.72. The van der Waals surface area contributed by atoms with Crippen LogP contribution in [0.4, 0.5) is 0 Å². The lowest BCUT2D eigenvalue weighted by atomic mass is 10.00. The minimum absolute atomic E-state index is 0.650. The van der Waals surface area contributed by atoms with Gasteiger partial charge in [-0.3, -0.25) is 4.68 Å². The van der Waals surface area contributed by atoms with E-state index in [2.05, 4.69) is 54.6 Å². The van der Waals surface area contributed by atoms with Crippen molar-refractivity contribution in [2.45, 2.75) is 20.4 Å². The summed E-state index contributed by atoms with van der Waals surface area (Å²) in [7, 11) is 3.36. The van der Waals surface area contributed by atoms with Gasteiger partial charge in [-0.15, -0.1) is 0 Å². The molecule has 6 heteroatoms. The van der Waals surface area contributed by atoms with Crippen molar-refractivity contribution in [3.63, 3.8) is 0 Å². The van der Waals surface area contributed by atoms with Crippen molar-refractivity contribution in [2.24, 2.45) is 0 Å². The van der Waals surface area contributed by atoms with Crippen LogP contribution in [0.2, 0.25) is 0 Å². The molecule has 2 aromatic carbocycles. The van der Waals surface area contributed by atoms with Crippen molar-refractivity contribution in [3.05, 3.63) is 68.9 Å². The molecule has 0 N–H and O–H groups in total. The van der Waals surface area contributed by atoms with Crippen molar-refractivity contribution >= 4 is 33.6 Å². The Morgan fingerprint density at radius 1 is 1.00 bits per heavy atom. The summed E-state index contributed by atoms with van der Waals surface area (Å²) in [5.41, 5.74) is 7.36. The van der Waals surface area contributed by atoms with E-state index in [0.29, 0.717) is 6.54 Å². The van der Waals surface area contributed by atoms with Crippen LogP contribution in [0.1, 0.15) is 16.7 Å². The third-order valence-corrected chi connectivity index (χ3v) is 5.95. The summed E-state index contributed by atoms with van der Waals surface area (Å²) in [6.45, 7) is 4.88. The topological polar surface area (TPSA) is 49.2 Å². The molecule has 0 aliphatic heterocycles. The van der Waals surface area contributed by atoms with Gasteiger partial charge in [-0.05, 0) is 65.3 Å². The van der Waals surface area contributed by atoms with Crippen LogP contribution in [-0.2, 0) is 6.54 Å². The van der Waals surface area contributed by atoms with Gasteiger partial charge in [-0.2, -0.15) is 5.10 Å². The Morgan fingerprint density at radius 3 is 2.45 bits per heavy atom. The van der Waals surface area contributed by atoms with Crippen molar-refractivity contribution in [1.29, 1.82) is 0 Å². The fraction of sp³-hybridized carbons (Fsp3) is 0.217. The van der Waals surface area contributed by atoms with Crippen LogP contribution >= 0.6 is 22.6 Å². The molecule has 2 aromatic heterocycles. The van der Waals surface area contributed by atoms with E-state index in [4.69, 9.17) is 19.6 Å². The van der Waals surface area contributed by atoms with Crippen LogP contribution in [0.15, 0.2) is 48.5 Å². The molecule has 4 rings (SSSR count). The zero-order chi connectivity index (χ0) is 20.5. The Kier molecular flexibility index (Phi) is 5.45. The lowest BCUT2D eigenvalue weighted by Crippen LogP contribution is -2.02. The van der Waals surface area contributed by atoms with Crippen molar-refractivity contribution in [3.8, 4) is 22.8 Å². The standard InChI is InChI=1S/C23H22IN3O2/c1-14-6-5-7-18(15(14)2)21-20(29-4)12-19-22(25-21)23(24)26-27(19)13-16-8-10-17(28-3)11-9-16/h5-12H,13H2,1-4H3. The minimum atomic E-state index is 0.650. The molecule has 0 amide bonds. The van der Waals surface area contributed by atoms with E-state index in [-0.39, 0.29) is 0 Å². The number of ether oxygens (including phenoxy) is 2. The van der Waals surface area contributed by atoms with Gasteiger partial charge in [0.2, 0.25) is 0 Å². The highest BCUT2D eigenvalue weighted by Gasteiger charge is 2.18. The summed E-state index contributed by atoms with van der Waals surface area (Å²) in [6, 6.07) is 16.3. The van der Waals surface area contributed by atoms with E-state index in [1.165, 1.54) is 11.1 Å². The highest BCUT2D eigenvalue weighted by Crippen LogP contribution is 2.35. The second kappa shape index (κ2) is 8.02. The van der Waals surface area contributed by atoms with Gasteiger partial charge in [0, 0.05) is 11.6 Å². The Morgan fingerprint density at radius 2 is 1.76 bits per heavy atom. The second-order valence-electron chi connectivity index (χ2n) is 6.95. The van der Waals surface area contributed by atoms with E-state index in [1.54, 1.807) is 14.2 Å². The van der Waals surface area contributed by atoms with Crippen molar-refractivity contribution in [1.82, 2.24) is 14.8 Å². The molecule has 0 atom stereocenters. The van der Waals surface area contributed by atoms with Crippen molar-refractivity contribution < 1.29 is 9.47 Å². The predicted molar refractivity (Wildman–Crippen MR) is 124 cm³/mol.